The van der Waals surface area contributed by atoms with E-state index in [0.717, 1.165) is 5.92 Å². The highest BCUT2D eigenvalue weighted by atomic mass is 14.0. The van der Waals surface area contributed by atoms with Crippen molar-refractivity contribution >= 4 is 0 Å². The molecule has 56 valence electrons. The zero-order valence-electron chi connectivity index (χ0n) is 6.93. The molecule has 0 heterocycles. The smallest absolute Gasteiger partial charge is 0.0259 e. The molecule has 0 bridgehead atoms. The van der Waals surface area contributed by atoms with Crippen molar-refractivity contribution in [2.24, 2.45) is 5.92 Å². The van der Waals surface area contributed by atoms with Gasteiger partial charge >= 0.3 is 0 Å². The third-order valence-corrected chi connectivity index (χ3v) is 2.05. The van der Waals surface area contributed by atoms with Crippen LogP contribution < -0.4 is 0 Å². The van der Waals surface area contributed by atoms with Crippen molar-refractivity contribution in [2.75, 3.05) is 0 Å². The highest BCUT2D eigenvalue weighted by Gasteiger charge is 1.99. The van der Waals surface area contributed by atoms with E-state index in [1.165, 1.54) is 24.8 Å². The molecule has 0 N–H and O–H groups in total. The van der Waals surface area contributed by atoms with Crippen molar-refractivity contribution in [1.82, 2.24) is 0 Å². The summed E-state index contributed by atoms with van der Waals surface area (Å²) in [7, 11) is 0. The molecule has 0 spiro atoms. The van der Waals surface area contributed by atoms with Gasteiger partial charge in [0.15, 0.2) is 0 Å². The highest BCUT2D eigenvalue weighted by Crippen LogP contribution is 2.16. The Balaban J connectivity index is 2.55. The molecule has 1 unspecified atom stereocenters. The normalized spacial score (nSPS) is 32.2. The summed E-state index contributed by atoms with van der Waals surface area (Å²) in [6.07, 6.45) is 10.7. The van der Waals surface area contributed by atoms with Gasteiger partial charge in [-0.3, -0.25) is 0 Å². The largest absolute Gasteiger partial charge is 0.0817 e. The fourth-order valence-electron chi connectivity index (χ4n) is 1.29. The summed E-state index contributed by atoms with van der Waals surface area (Å²) in [5, 5.41) is 0. The predicted octanol–water partition coefficient (Wildman–Crippen LogP) is 3.31. The van der Waals surface area contributed by atoms with E-state index in [9.17, 15) is 0 Å². The second kappa shape index (κ2) is 3.60. The Morgan fingerprint density at radius 1 is 1.50 bits per heavy atom. The van der Waals surface area contributed by atoms with Crippen LogP contribution in [0.4, 0.5) is 0 Å². The SMILES string of the molecule is C/C1=C/C=CC(C)CCC1. The Kier molecular flexibility index (Phi) is 2.73. The summed E-state index contributed by atoms with van der Waals surface area (Å²) in [6.45, 7) is 4.49. The van der Waals surface area contributed by atoms with E-state index in [-0.39, 0.29) is 0 Å². The molecule has 0 saturated heterocycles. The first kappa shape index (κ1) is 7.59. The van der Waals surface area contributed by atoms with E-state index in [2.05, 4.69) is 32.1 Å². The summed E-state index contributed by atoms with van der Waals surface area (Å²) >= 11 is 0. The lowest BCUT2D eigenvalue weighted by Gasteiger charge is -2.08. The molecule has 1 aliphatic rings. The lowest BCUT2D eigenvalue weighted by Crippen LogP contribution is -1.92. The quantitative estimate of drug-likeness (QED) is 0.479. The van der Waals surface area contributed by atoms with Crippen molar-refractivity contribution in [1.29, 1.82) is 0 Å². The fourth-order valence-corrected chi connectivity index (χ4v) is 1.29. The van der Waals surface area contributed by atoms with Gasteiger partial charge in [0, 0.05) is 0 Å². The molecule has 0 aromatic carbocycles. The van der Waals surface area contributed by atoms with Crippen LogP contribution in [-0.4, -0.2) is 0 Å². The van der Waals surface area contributed by atoms with Crippen LogP contribution in [0.3, 0.4) is 0 Å². The van der Waals surface area contributed by atoms with Crippen molar-refractivity contribution in [3.05, 3.63) is 23.8 Å². The number of rotatable bonds is 0. The molecule has 0 radical (unpaired) electrons. The summed E-state index contributed by atoms with van der Waals surface area (Å²) < 4.78 is 0. The fraction of sp³-hybridized carbons (Fsp3) is 0.600. The maximum atomic E-state index is 2.29. The number of hydrogen-bond acceptors (Lipinski definition) is 0. The molecule has 0 amide bonds. The van der Waals surface area contributed by atoms with Crippen LogP contribution in [-0.2, 0) is 0 Å². The van der Waals surface area contributed by atoms with E-state index in [0.29, 0.717) is 0 Å². The van der Waals surface area contributed by atoms with Crippen LogP contribution in [0.2, 0.25) is 0 Å². The lowest BCUT2D eigenvalue weighted by molar-refractivity contribution is 0.601. The van der Waals surface area contributed by atoms with Crippen molar-refractivity contribution < 1.29 is 0 Å². The first-order valence-corrected chi connectivity index (χ1v) is 4.13. The van der Waals surface area contributed by atoms with Crippen LogP contribution >= 0.6 is 0 Å². The minimum absolute atomic E-state index is 0.782. The maximum absolute atomic E-state index is 2.29. The van der Waals surface area contributed by atoms with Crippen molar-refractivity contribution in [3.63, 3.8) is 0 Å². The Labute approximate surface area is 63.6 Å². The molecule has 10 heavy (non-hydrogen) atoms. The van der Waals surface area contributed by atoms with Gasteiger partial charge in [-0.15, -0.1) is 0 Å². The molecule has 0 saturated carbocycles. The van der Waals surface area contributed by atoms with Crippen LogP contribution in [0.5, 0.6) is 0 Å². The molecule has 1 atom stereocenters. The molecule has 0 fully saturated rings. The van der Waals surface area contributed by atoms with Crippen LogP contribution in [0.15, 0.2) is 23.8 Å². The summed E-state index contributed by atoms with van der Waals surface area (Å²) in [6, 6.07) is 0. The molecule has 0 aliphatic heterocycles. The maximum Gasteiger partial charge on any atom is -0.0259 e. The summed E-state index contributed by atoms with van der Waals surface area (Å²) in [5.74, 6) is 0.782. The van der Waals surface area contributed by atoms with Crippen LogP contribution in [0, 0.1) is 5.92 Å². The predicted molar refractivity (Wildman–Crippen MR) is 45.9 cm³/mol. The van der Waals surface area contributed by atoms with Gasteiger partial charge in [0.25, 0.3) is 0 Å². The van der Waals surface area contributed by atoms with E-state index in [4.69, 9.17) is 0 Å². The number of hydrogen-bond donors (Lipinski definition) is 0. The molecular weight excluding hydrogens is 120 g/mol. The molecule has 0 nitrogen and oxygen atoms in total. The first-order chi connectivity index (χ1) is 4.79. The second-order valence-electron chi connectivity index (χ2n) is 3.27. The van der Waals surface area contributed by atoms with E-state index >= 15 is 0 Å². The third kappa shape index (κ3) is 2.38. The van der Waals surface area contributed by atoms with Gasteiger partial charge in [-0.05, 0) is 32.1 Å². The third-order valence-electron chi connectivity index (χ3n) is 2.05. The summed E-state index contributed by atoms with van der Waals surface area (Å²) in [4.78, 5) is 0. The van der Waals surface area contributed by atoms with Crippen molar-refractivity contribution in [2.45, 2.75) is 33.1 Å². The van der Waals surface area contributed by atoms with Gasteiger partial charge in [0.1, 0.15) is 0 Å². The minimum atomic E-state index is 0.782. The molecule has 0 aromatic rings. The second-order valence-corrected chi connectivity index (χ2v) is 3.27. The van der Waals surface area contributed by atoms with E-state index in [1.807, 2.05) is 0 Å². The Morgan fingerprint density at radius 3 is 3.10 bits per heavy atom. The van der Waals surface area contributed by atoms with Gasteiger partial charge in [0.05, 0.1) is 0 Å². The van der Waals surface area contributed by atoms with Gasteiger partial charge in [0.2, 0.25) is 0 Å². The minimum Gasteiger partial charge on any atom is -0.0817 e. The van der Waals surface area contributed by atoms with Gasteiger partial charge in [-0.25, -0.2) is 0 Å². The van der Waals surface area contributed by atoms with E-state index < -0.39 is 0 Å². The monoisotopic (exact) mass is 136 g/mol. The molecular formula is C10H16. The lowest BCUT2D eigenvalue weighted by atomic mass is 9.98. The standard InChI is InChI=1S/C10H16/c1-9-5-3-7-10(2)8-4-6-9/h3,5,7,9H,4,6,8H2,1-2H3/b5-3?,10-7-. The van der Waals surface area contributed by atoms with Gasteiger partial charge < -0.3 is 0 Å². The summed E-state index contributed by atoms with van der Waals surface area (Å²) in [5.41, 5.74) is 1.52. The number of allylic oxidation sites excluding steroid dienone is 4. The average molecular weight is 136 g/mol. The van der Waals surface area contributed by atoms with Gasteiger partial charge in [-0.1, -0.05) is 30.7 Å². The van der Waals surface area contributed by atoms with Crippen molar-refractivity contribution in [3.8, 4) is 0 Å². The van der Waals surface area contributed by atoms with Crippen LogP contribution in [0.1, 0.15) is 33.1 Å². The first-order valence-electron chi connectivity index (χ1n) is 4.13. The van der Waals surface area contributed by atoms with E-state index in [1.54, 1.807) is 0 Å². The highest BCUT2D eigenvalue weighted by molar-refractivity contribution is 5.12. The van der Waals surface area contributed by atoms with Gasteiger partial charge in [-0.2, -0.15) is 0 Å². The average Bonchev–Trinajstić information content (AvgIpc) is 1.84. The molecule has 0 aromatic heterocycles. The molecule has 1 aliphatic carbocycles. The zero-order valence-corrected chi connectivity index (χ0v) is 6.93. The Morgan fingerprint density at radius 2 is 2.30 bits per heavy atom. The molecule has 0 heteroatoms. The topological polar surface area (TPSA) is 0 Å². The Hall–Kier alpha value is -0.520. The molecule has 1 rings (SSSR count). The van der Waals surface area contributed by atoms with Crippen LogP contribution in [0.25, 0.3) is 0 Å². The zero-order chi connectivity index (χ0) is 7.40. The Bertz CT molecular complexity index is 151.